The fourth-order valence-corrected chi connectivity index (χ4v) is 4.38. The molecule has 2 aliphatic rings. The van der Waals surface area contributed by atoms with Gasteiger partial charge in [-0.05, 0) is 35.6 Å². The number of benzene rings is 2. The van der Waals surface area contributed by atoms with Gasteiger partial charge in [-0.2, -0.15) is 0 Å². The van der Waals surface area contributed by atoms with E-state index in [0.717, 1.165) is 63.7 Å². The summed E-state index contributed by atoms with van der Waals surface area (Å²) in [5.74, 6) is 1.32. The van der Waals surface area contributed by atoms with Crippen molar-refractivity contribution in [2.24, 2.45) is 5.92 Å². The van der Waals surface area contributed by atoms with Crippen molar-refractivity contribution >= 4 is 11.7 Å². The van der Waals surface area contributed by atoms with Crippen LogP contribution in [0.4, 0.5) is 10.5 Å². The average molecular weight is 439 g/mol. The second-order valence-electron chi connectivity index (χ2n) is 8.57. The normalized spacial score (nSPS) is 19.0. The van der Waals surface area contributed by atoms with Crippen LogP contribution in [-0.4, -0.2) is 64.0 Å². The monoisotopic (exact) mass is 438 g/mol. The number of nitrogens with one attached hydrogen (secondary N) is 2. The van der Waals surface area contributed by atoms with E-state index >= 15 is 0 Å². The Hall–Kier alpha value is -2.77. The van der Waals surface area contributed by atoms with Gasteiger partial charge in [-0.15, -0.1) is 0 Å². The van der Waals surface area contributed by atoms with Gasteiger partial charge in [0.05, 0.1) is 20.3 Å². The van der Waals surface area contributed by atoms with Gasteiger partial charge in [0, 0.05) is 57.6 Å². The SMILES string of the molecule is COc1cccc(N2CCC(CNC(=O)NCc3cccc(CN4CCOCC4)c3)C2)c1. The predicted octanol–water partition coefficient (Wildman–Crippen LogP) is 2.85. The van der Waals surface area contributed by atoms with Crippen LogP contribution in [0.5, 0.6) is 5.75 Å². The van der Waals surface area contributed by atoms with E-state index in [4.69, 9.17) is 9.47 Å². The van der Waals surface area contributed by atoms with Gasteiger partial charge in [0.2, 0.25) is 0 Å². The Morgan fingerprint density at radius 1 is 1.06 bits per heavy atom. The van der Waals surface area contributed by atoms with E-state index in [-0.39, 0.29) is 6.03 Å². The van der Waals surface area contributed by atoms with E-state index in [0.29, 0.717) is 19.0 Å². The number of ether oxygens (including phenoxy) is 2. The zero-order valence-electron chi connectivity index (χ0n) is 18.9. The first-order chi connectivity index (χ1) is 15.7. The fourth-order valence-electron chi connectivity index (χ4n) is 4.38. The van der Waals surface area contributed by atoms with Crippen LogP contribution in [0.2, 0.25) is 0 Å². The maximum absolute atomic E-state index is 12.3. The molecule has 0 spiro atoms. The molecule has 2 amide bonds. The van der Waals surface area contributed by atoms with Crippen LogP contribution in [0.25, 0.3) is 0 Å². The van der Waals surface area contributed by atoms with Crippen LogP contribution in [0.3, 0.4) is 0 Å². The Morgan fingerprint density at radius 3 is 2.72 bits per heavy atom. The molecule has 2 saturated heterocycles. The lowest BCUT2D eigenvalue weighted by Gasteiger charge is -2.26. The molecule has 7 heteroatoms. The van der Waals surface area contributed by atoms with Gasteiger partial charge in [-0.1, -0.05) is 30.3 Å². The van der Waals surface area contributed by atoms with Gasteiger partial charge in [0.25, 0.3) is 0 Å². The number of nitrogens with zero attached hydrogens (tertiary/aromatic N) is 2. The first-order valence-electron chi connectivity index (χ1n) is 11.5. The molecule has 2 fully saturated rings. The van der Waals surface area contributed by atoms with Gasteiger partial charge in [-0.3, -0.25) is 4.90 Å². The van der Waals surface area contributed by atoms with Crippen molar-refractivity contribution in [2.45, 2.75) is 19.5 Å². The van der Waals surface area contributed by atoms with E-state index in [1.165, 1.54) is 11.3 Å². The average Bonchev–Trinajstić information content (AvgIpc) is 3.32. The van der Waals surface area contributed by atoms with E-state index in [9.17, 15) is 4.79 Å². The zero-order valence-corrected chi connectivity index (χ0v) is 18.9. The summed E-state index contributed by atoms with van der Waals surface area (Å²) in [4.78, 5) is 17.1. The lowest BCUT2D eigenvalue weighted by Crippen LogP contribution is -2.38. The van der Waals surface area contributed by atoms with Gasteiger partial charge < -0.3 is 25.0 Å². The second-order valence-corrected chi connectivity index (χ2v) is 8.57. The molecule has 2 aromatic rings. The number of carbonyl (C=O) groups is 1. The Labute approximate surface area is 190 Å². The van der Waals surface area contributed by atoms with Crippen LogP contribution in [0.15, 0.2) is 48.5 Å². The highest BCUT2D eigenvalue weighted by Gasteiger charge is 2.23. The Morgan fingerprint density at radius 2 is 1.88 bits per heavy atom. The number of anilines is 1. The third-order valence-corrected chi connectivity index (χ3v) is 6.21. The van der Waals surface area contributed by atoms with E-state index in [2.05, 4.69) is 56.8 Å². The maximum atomic E-state index is 12.3. The van der Waals surface area contributed by atoms with Crippen LogP contribution in [0, 0.1) is 5.92 Å². The molecule has 0 radical (unpaired) electrons. The fraction of sp³-hybridized carbons (Fsp3) is 0.480. The van der Waals surface area contributed by atoms with Crippen molar-refractivity contribution in [3.8, 4) is 5.75 Å². The molecule has 2 aliphatic heterocycles. The van der Waals surface area contributed by atoms with E-state index in [1.54, 1.807) is 7.11 Å². The first-order valence-corrected chi connectivity index (χ1v) is 11.5. The lowest BCUT2D eigenvalue weighted by atomic mass is 10.1. The number of urea groups is 1. The summed E-state index contributed by atoms with van der Waals surface area (Å²) in [6.45, 7) is 7.64. The van der Waals surface area contributed by atoms with Crippen molar-refractivity contribution in [3.63, 3.8) is 0 Å². The topological polar surface area (TPSA) is 66.1 Å². The summed E-state index contributed by atoms with van der Waals surface area (Å²) in [5, 5.41) is 6.04. The summed E-state index contributed by atoms with van der Waals surface area (Å²) >= 11 is 0. The molecule has 4 rings (SSSR count). The second kappa shape index (κ2) is 11.2. The minimum atomic E-state index is -0.108. The summed E-state index contributed by atoms with van der Waals surface area (Å²) in [6.07, 6.45) is 1.07. The molecule has 7 nitrogen and oxygen atoms in total. The van der Waals surface area contributed by atoms with Gasteiger partial charge in [0.15, 0.2) is 0 Å². The van der Waals surface area contributed by atoms with Crippen molar-refractivity contribution in [2.75, 3.05) is 57.9 Å². The van der Waals surface area contributed by atoms with Crippen molar-refractivity contribution < 1.29 is 14.3 Å². The van der Waals surface area contributed by atoms with Gasteiger partial charge in [0.1, 0.15) is 5.75 Å². The quantitative estimate of drug-likeness (QED) is 0.664. The molecule has 0 bridgehead atoms. The molecule has 2 N–H and O–H groups in total. The first kappa shape index (κ1) is 22.4. The van der Waals surface area contributed by atoms with E-state index < -0.39 is 0 Å². The third-order valence-electron chi connectivity index (χ3n) is 6.21. The molecule has 0 aromatic heterocycles. The zero-order chi connectivity index (χ0) is 22.2. The van der Waals surface area contributed by atoms with Crippen molar-refractivity contribution in [1.82, 2.24) is 15.5 Å². The molecule has 1 atom stereocenters. The molecule has 172 valence electrons. The number of amides is 2. The van der Waals surface area contributed by atoms with Crippen molar-refractivity contribution in [1.29, 1.82) is 0 Å². The van der Waals surface area contributed by atoms with Gasteiger partial charge in [-0.25, -0.2) is 4.79 Å². The predicted molar refractivity (Wildman–Crippen MR) is 126 cm³/mol. The molecule has 2 heterocycles. The standard InChI is InChI=1S/C25H34N4O3/c1-31-24-7-3-6-23(15-24)29-9-8-22(19-29)17-27-25(30)26-16-20-4-2-5-21(14-20)18-28-10-12-32-13-11-28/h2-7,14-15,22H,8-13,16-19H2,1H3,(H2,26,27,30). The largest absolute Gasteiger partial charge is 0.497 e. The maximum Gasteiger partial charge on any atom is 0.315 e. The molecule has 0 saturated carbocycles. The third kappa shape index (κ3) is 6.37. The molecule has 2 aromatic carbocycles. The van der Waals surface area contributed by atoms with Crippen molar-refractivity contribution in [3.05, 3.63) is 59.7 Å². The van der Waals surface area contributed by atoms with Gasteiger partial charge >= 0.3 is 6.03 Å². The lowest BCUT2D eigenvalue weighted by molar-refractivity contribution is 0.0342. The molecule has 0 aliphatic carbocycles. The number of hydrogen-bond acceptors (Lipinski definition) is 5. The summed E-state index contributed by atoms with van der Waals surface area (Å²) in [7, 11) is 1.69. The number of carbonyl (C=O) groups excluding carboxylic acids is 1. The van der Waals surface area contributed by atoms with Crippen LogP contribution < -0.4 is 20.3 Å². The highest BCUT2D eigenvalue weighted by Crippen LogP contribution is 2.26. The highest BCUT2D eigenvalue weighted by molar-refractivity contribution is 5.73. The summed E-state index contributed by atoms with van der Waals surface area (Å²) in [6, 6.07) is 16.5. The number of rotatable bonds is 8. The summed E-state index contributed by atoms with van der Waals surface area (Å²) in [5.41, 5.74) is 3.57. The minimum Gasteiger partial charge on any atom is -0.497 e. The highest BCUT2D eigenvalue weighted by atomic mass is 16.5. The van der Waals surface area contributed by atoms with Crippen LogP contribution >= 0.6 is 0 Å². The van der Waals surface area contributed by atoms with Crippen LogP contribution in [0.1, 0.15) is 17.5 Å². The number of hydrogen-bond donors (Lipinski definition) is 2. The Bertz CT molecular complexity index is 885. The van der Waals surface area contributed by atoms with Crippen LogP contribution in [-0.2, 0) is 17.8 Å². The number of morpholine rings is 1. The number of methoxy groups -OCH3 is 1. The molecular weight excluding hydrogens is 404 g/mol. The summed E-state index contributed by atoms with van der Waals surface area (Å²) < 4.78 is 10.7. The Kier molecular flexibility index (Phi) is 7.85. The smallest absolute Gasteiger partial charge is 0.315 e. The molecule has 1 unspecified atom stereocenters. The molecule has 32 heavy (non-hydrogen) atoms. The minimum absolute atomic E-state index is 0.108. The van der Waals surface area contributed by atoms with E-state index in [1.807, 2.05) is 12.1 Å². The Balaban J connectivity index is 1.18. The molecular formula is C25H34N4O3.